The summed E-state index contributed by atoms with van der Waals surface area (Å²) in [4.78, 5) is 23.0. The number of carbonyl (C=O) groups excluding carboxylic acids is 2. The number of benzene rings is 1. The van der Waals surface area contributed by atoms with Crippen molar-refractivity contribution in [3.8, 4) is 0 Å². The summed E-state index contributed by atoms with van der Waals surface area (Å²) in [5.74, 6) is -1.33. The van der Waals surface area contributed by atoms with Gasteiger partial charge in [0.15, 0.2) is 0 Å². The Hall–Kier alpha value is -2.08. The second kappa shape index (κ2) is 6.36. The summed E-state index contributed by atoms with van der Waals surface area (Å²) < 4.78 is 6.16. The molecule has 0 bridgehead atoms. The van der Waals surface area contributed by atoms with Crippen LogP contribution >= 0.6 is 11.3 Å². The van der Waals surface area contributed by atoms with Gasteiger partial charge in [0.2, 0.25) is 0 Å². The lowest BCUT2D eigenvalue weighted by atomic mass is 10.1. The molecule has 1 heterocycles. The van der Waals surface area contributed by atoms with Gasteiger partial charge in [-0.3, -0.25) is 0 Å². The van der Waals surface area contributed by atoms with E-state index in [2.05, 4.69) is 5.32 Å². The molecule has 118 valence electrons. The number of rotatable bonds is 4. The van der Waals surface area contributed by atoms with Crippen molar-refractivity contribution in [3.63, 3.8) is 0 Å². The fraction of sp³-hybridized carbons (Fsp3) is 0.375. The molecule has 0 aliphatic rings. The first-order chi connectivity index (χ1) is 10.3. The maximum absolute atomic E-state index is 11.7. The molecule has 0 aliphatic carbocycles. The van der Waals surface area contributed by atoms with E-state index in [0.29, 0.717) is 0 Å². The van der Waals surface area contributed by atoms with Crippen LogP contribution < -0.4 is 10.4 Å². The number of thiophene rings is 1. The molecular formula is C16H18NO4S-. The average molecular weight is 320 g/mol. The van der Waals surface area contributed by atoms with Crippen LogP contribution in [-0.4, -0.2) is 23.7 Å². The van der Waals surface area contributed by atoms with Crippen LogP contribution in [0.1, 0.15) is 26.3 Å². The molecule has 6 heteroatoms. The number of amides is 1. The molecule has 0 spiro atoms. The minimum atomic E-state index is -1.33. The Morgan fingerprint density at radius 2 is 2.00 bits per heavy atom. The number of carboxylic acids is 1. The number of hydrogen-bond donors (Lipinski definition) is 1. The molecule has 0 saturated carbocycles. The average Bonchev–Trinajstić information content (AvgIpc) is 2.79. The second-order valence-corrected chi connectivity index (χ2v) is 6.89. The van der Waals surface area contributed by atoms with Gasteiger partial charge in [0.25, 0.3) is 0 Å². The van der Waals surface area contributed by atoms with Crippen molar-refractivity contribution in [2.24, 2.45) is 0 Å². The first kappa shape index (κ1) is 16.3. The van der Waals surface area contributed by atoms with Crippen molar-refractivity contribution in [1.82, 2.24) is 5.32 Å². The quantitative estimate of drug-likeness (QED) is 0.935. The van der Waals surface area contributed by atoms with Crippen LogP contribution in [0.4, 0.5) is 4.79 Å². The van der Waals surface area contributed by atoms with E-state index in [0.717, 1.165) is 15.6 Å². The summed E-state index contributed by atoms with van der Waals surface area (Å²) in [6, 6.07) is 6.60. The van der Waals surface area contributed by atoms with Crippen LogP contribution in [0.5, 0.6) is 0 Å². The Morgan fingerprint density at radius 1 is 1.32 bits per heavy atom. The molecule has 2 aromatic rings. The fourth-order valence-corrected chi connectivity index (χ4v) is 3.03. The Kier molecular flexibility index (Phi) is 4.71. The van der Waals surface area contributed by atoms with Crippen molar-refractivity contribution in [3.05, 3.63) is 35.2 Å². The highest BCUT2D eigenvalue weighted by molar-refractivity contribution is 7.17. The Bertz CT molecular complexity index is 687. The molecule has 5 nitrogen and oxygen atoms in total. The zero-order valence-corrected chi connectivity index (χ0v) is 13.5. The third-order valence-electron chi connectivity index (χ3n) is 2.96. The van der Waals surface area contributed by atoms with E-state index >= 15 is 0 Å². The SMILES string of the molecule is CC(C)(C)OC(=O)N[C@@H](Cc1csc2ccccc12)C(=O)[O-]. The highest BCUT2D eigenvalue weighted by Crippen LogP contribution is 2.26. The molecular weight excluding hydrogens is 302 g/mol. The Morgan fingerprint density at radius 3 is 2.64 bits per heavy atom. The monoisotopic (exact) mass is 320 g/mol. The van der Waals surface area contributed by atoms with Gasteiger partial charge in [-0.05, 0) is 49.6 Å². The zero-order valence-electron chi connectivity index (χ0n) is 12.7. The lowest BCUT2D eigenvalue weighted by molar-refractivity contribution is -0.308. The number of carboxylic acid groups (broad SMARTS) is 1. The highest BCUT2D eigenvalue weighted by atomic mass is 32.1. The highest BCUT2D eigenvalue weighted by Gasteiger charge is 2.21. The molecule has 22 heavy (non-hydrogen) atoms. The number of aliphatic carboxylic acids is 1. The largest absolute Gasteiger partial charge is 0.548 e. The van der Waals surface area contributed by atoms with Crippen molar-refractivity contribution in [2.45, 2.75) is 38.8 Å². The van der Waals surface area contributed by atoms with Gasteiger partial charge in [-0.15, -0.1) is 11.3 Å². The smallest absolute Gasteiger partial charge is 0.408 e. The van der Waals surface area contributed by atoms with Crippen LogP contribution in [0, 0.1) is 0 Å². The molecule has 1 N–H and O–H groups in total. The van der Waals surface area contributed by atoms with Crippen molar-refractivity contribution in [1.29, 1.82) is 0 Å². The Labute approximate surface area is 132 Å². The lowest BCUT2D eigenvalue weighted by Gasteiger charge is -2.24. The molecule has 0 unspecified atom stereocenters. The summed E-state index contributed by atoms with van der Waals surface area (Å²) in [7, 11) is 0. The Balaban J connectivity index is 2.12. The van der Waals surface area contributed by atoms with Crippen molar-refractivity contribution >= 4 is 33.5 Å². The molecule has 0 radical (unpaired) electrons. The molecule has 1 amide bonds. The summed E-state index contributed by atoms with van der Waals surface area (Å²) >= 11 is 1.54. The maximum atomic E-state index is 11.7. The van der Waals surface area contributed by atoms with Crippen molar-refractivity contribution < 1.29 is 19.4 Å². The molecule has 0 aliphatic heterocycles. The predicted molar refractivity (Wildman–Crippen MR) is 83.7 cm³/mol. The molecule has 1 atom stereocenters. The van der Waals surface area contributed by atoms with Gasteiger partial charge in [-0.1, -0.05) is 18.2 Å². The number of hydrogen-bond acceptors (Lipinski definition) is 5. The first-order valence-electron chi connectivity index (χ1n) is 6.92. The van der Waals surface area contributed by atoms with Crippen LogP contribution in [0.25, 0.3) is 10.1 Å². The van der Waals surface area contributed by atoms with Gasteiger partial charge in [-0.2, -0.15) is 0 Å². The molecule has 0 fully saturated rings. The number of carbonyl (C=O) groups is 2. The van der Waals surface area contributed by atoms with E-state index in [1.165, 1.54) is 11.3 Å². The summed E-state index contributed by atoms with van der Waals surface area (Å²) in [6.45, 7) is 5.15. The van der Waals surface area contributed by atoms with Gasteiger partial charge in [-0.25, -0.2) is 4.79 Å². The molecule has 1 aromatic carbocycles. The van der Waals surface area contributed by atoms with E-state index < -0.39 is 23.7 Å². The zero-order chi connectivity index (χ0) is 16.3. The number of fused-ring (bicyclic) bond motifs is 1. The molecule has 0 saturated heterocycles. The number of ether oxygens (including phenoxy) is 1. The van der Waals surface area contributed by atoms with Gasteiger partial charge in [0.1, 0.15) is 5.60 Å². The van der Waals surface area contributed by atoms with Crippen LogP contribution in [0.2, 0.25) is 0 Å². The topological polar surface area (TPSA) is 78.5 Å². The minimum absolute atomic E-state index is 0.158. The minimum Gasteiger partial charge on any atom is -0.548 e. The lowest BCUT2D eigenvalue weighted by Crippen LogP contribution is -2.50. The number of alkyl carbamates (subject to hydrolysis) is 1. The van der Waals surface area contributed by atoms with Crippen LogP contribution in [0.3, 0.4) is 0 Å². The predicted octanol–water partition coefficient (Wildman–Crippen LogP) is 2.09. The van der Waals surface area contributed by atoms with Gasteiger partial charge in [0, 0.05) is 4.70 Å². The second-order valence-electron chi connectivity index (χ2n) is 5.98. The molecule has 2 rings (SSSR count). The standard InChI is InChI=1S/C16H19NO4S/c1-16(2,3)21-15(20)17-12(14(18)19)8-10-9-22-13-7-5-4-6-11(10)13/h4-7,9,12H,8H2,1-3H3,(H,17,20)(H,18,19)/p-1/t12-/m0/s1. The van der Waals surface area contributed by atoms with E-state index in [-0.39, 0.29) is 6.42 Å². The summed E-state index contributed by atoms with van der Waals surface area (Å²) in [6.07, 6.45) is -0.604. The molecule has 1 aromatic heterocycles. The fourth-order valence-electron chi connectivity index (χ4n) is 2.05. The summed E-state index contributed by atoms with van der Waals surface area (Å²) in [5, 5.41) is 16.5. The van der Waals surface area contributed by atoms with Gasteiger partial charge in [0.05, 0.1) is 12.0 Å². The van der Waals surface area contributed by atoms with E-state index in [9.17, 15) is 14.7 Å². The van der Waals surface area contributed by atoms with E-state index in [4.69, 9.17) is 4.74 Å². The van der Waals surface area contributed by atoms with Crippen LogP contribution in [-0.2, 0) is 16.0 Å². The number of nitrogens with one attached hydrogen (secondary N) is 1. The third-order valence-corrected chi connectivity index (χ3v) is 3.97. The van der Waals surface area contributed by atoms with E-state index in [1.54, 1.807) is 20.8 Å². The van der Waals surface area contributed by atoms with Gasteiger partial charge < -0.3 is 20.0 Å². The van der Waals surface area contributed by atoms with E-state index in [1.807, 2.05) is 29.6 Å². The van der Waals surface area contributed by atoms with Crippen molar-refractivity contribution in [2.75, 3.05) is 0 Å². The van der Waals surface area contributed by atoms with Crippen LogP contribution in [0.15, 0.2) is 29.6 Å². The summed E-state index contributed by atoms with van der Waals surface area (Å²) in [5.41, 5.74) is 0.182. The third kappa shape index (κ3) is 4.21. The normalized spacial score (nSPS) is 12.9. The first-order valence-corrected chi connectivity index (χ1v) is 7.80. The maximum Gasteiger partial charge on any atom is 0.408 e. The van der Waals surface area contributed by atoms with Gasteiger partial charge >= 0.3 is 6.09 Å².